The Hall–Kier alpha value is -1.96. The lowest BCUT2D eigenvalue weighted by molar-refractivity contribution is 0.414. The summed E-state index contributed by atoms with van der Waals surface area (Å²) >= 11 is 0. The lowest BCUT2D eigenvalue weighted by atomic mass is 9.88. The molecule has 0 aliphatic carbocycles. The molecule has 1 unspecified atom stereocenters. The van der Waals surface area contributed by atoms with Gasteiger partial charge in [-0.3, -0.25) is 0 Å². The molecule has 0 radical (unpaired) electrons. The van der Waals surface area contributed by atoms with Crippen LogP contribution in [-0.2, 0) is 0 Å². The van der Waals surface area contributed by atoms with Crippen LogP contribution >= 0.6 is 0 Å². The number of hydrogen-bond acceptors (Lipinski definition) is 2. The van der Waals surface area contributed by atoms with Crippen molar-refractivity contribution in [1.29, 1.82) is 0 Å². The predicted molar refractivity (Wildman–Crippen MR) is 73.2 cm³/mol. The third kappa shape index (κ3) is 2.48. The Kier molecular flexibility index (Phi) is 3.88. The molecule has 0 saturated heterocycles. The zero-order valence-corrected chi connectivity index (χ0v) is 10.8. The molecule has 0 amide bonds. The second-order valence-corrected chi connectivity index (χ2v) is 4.29. The summed E-state index contributed by atoms with van der Waals surface area (Å²) in [4.78, 5) is 0. The van der Waals surface area contributed by atoms with Gasteiger partial charge < -0.3 is 9.84 Å². The Morgan fingerprint density at radius 2 is 1.72 bits per heavy atom. The maximum Gasteiger partial charge on any atom is 0.119 e. The molecule has 0 fully saturated rings. The molecule has 2 rings (SSSR count). The van der Waals surface area contributed by atoms with Gasteiger partial charge in [0, 0.05) is 11.5 Å². The average Bonchev–Trinajstić information content (AvgIpc) is 2.42. The molecule has 18 heavy (non-hydrogen) atoms. The molecule has 94 valence electrons. The molecule has 1 atom stereocenters. The monoisotopic (exact) mass is 242 g/mol. The lowest BCUT2D eigenvalue weighted by Gasteiger charge is -2.17. The van der Waals surface area contributed by atoms with Crippen LogP contribution in [0.15, 0.2) is 48.5 Å². The van der Waals surface area contributed by atoms with E-state index in [-0.39, 0.29) is 5.92 Å². The third-order valence-electron chi connectivity index (χ3n) is 3.24. The summed E-state index contributed by atoms with van der Waals surface area (Å²) in [6, 6.07) is 15.5. The van der Waals surface area contributed by atoms with Crippen molar-refractivity contribution in [3.63, 3.8) is 0 Å². The number of ether oxygens (including phenoxy) is 1. The van der Waals surface area contributed by atoms with Gasteiger partial charge >= 0.3 is 0 Å². The van der Waals surface area contributed by atoms with Gasteiger partial charge in [0.1, 0.15) is 11.5 Å². The van der Waals surface area contributed by atoms with E-state index in [1.165, 1.54) is 5.56 Å². The van der Waals surface area contributed by atoms with Crippen molar-refractivity contribution < 1.29 is 9.84 Å². The molecule has 2 aromatic rings. The SMILES string of the molecule is CCC(c1ccc(OC)cc1)c1ccccc1O. The van der Waals surface area contributed by atoms with Crippen molar-refractivity contribution in [3.05, 3.63) is 59.7 Å². The van der Waals surface area contributed by atoms with Crippen molar-refractivity contribution in [2.75, 3.05) is 7.11 Å². The van der Waals surface area contributed by atoms with E-state index in [1.807, 2.05) is 30.3 Å². The topological polar surface area (TPSA) is 29.5 Å². The Bertz CT molecular complexity index is 503. The molecule has 0 aromatic heterocycles. The summed E-state index contributed by atoms with van der Waals surface area (Å²) in [6.07, 6.45) is 0.948. The van der Waals surface area contributed by atoms with E-state index >= 15 is 0 Å². The molecule has 2 aromatic carbocycles. The largest absolute Gasteiger partial charge is 0.508 e. The predicted octanol–water partition coefficient (Wildman–Crippen LogP) is 3.94. The molecule has 0 saturated carbocycles. The molecule has 2 nitrogen and oxygen atoms in total. The standard InChI is InChI=1S/C16H18O2/c1-3-14(15-6-4-5-7-16(15)17)12-8-10-13(18-2)11-9-12/h4-11,14,17H,3H2,1-2H3. The van der Waals surface area contributed by atoms with Crippen LogP contribution in [0, 0.1) is 0 Å². The van der Waals surface area contributed by atoms with Gasteiger partial charge in [-0.1, -0.05) is 37.3 Å². The van der Waals surface area contributed by atoms with Crippen molar-refractivity contribution in [1.82, 2.24) is 0 Å². The van der Waals surface area contributed by atoms with E-state index in [9.17, 15) is 5.11 Å². The van der Waals surface area contributed by atoms with Crippen molar-refractivity contribution >= 4 is 0 Å². The summed E-state index contributed by atoms with van der Waals surface area (Å²) < 4.78 is 5.16. The molecule has 0 aliphatic rings. The number of para-hydroxylation sites is 1. The van der Waals surface area contributed by atoms with Gasteiger partial charge in [0.05, 0.1) is 7.11 Å². The fourth-order valence-corrected chi connectivity index (χ4v) is 2.25. The molecule has 2 heteroatoms. The van der Waals surface area contributed by atoms with Gasteiger partial charge in [-0.05, 0) is 30.2 Å². The second-order valence-electron chi connectivity index (χ2n) is 4.29. The number of hydrogen-bond donors (Lipinski definition) is 1. The van der Waals surface area contributed by atoms with Gasteiger partial charge in [0.2, 0.25) is 0 Å². The number of aromatic hydroxyl groups is 1. The summed E-state index contributed by atoms with van der Waals surface area (Å²) in [6.45, 7) is 2.13. The first-order valence-electron chi connectivity index (χ1n) is 6.18. The summed E-state index contributed by atoms with van der Waals surface area (Å²) in [5.74, 6) is 1.43. The first-order valence-corrected chi connectivity index (χ1v) is 6.18. The van der Waals surface area contributed by atoms with Crippen molar-refractivity contribution in [3.8, 4) is 11.5 Å². The first-order chi connectivity index (χ1) is 8.76. The van der Waals surface area contributed by atoms with Crippen LogP contribution in [0.3, 0.4) is 0 Å². The number of phenolic OH excluding ortho intramolecular Hbond substituents is 1. The maximum absolute atomic E-state index is 9.95. The highest BCUT2D eigenvalue weighted by molar-refractivity contribution is 5.42. The highest BCUT2D eigenvalue weighted by atomic mass is 16.5. The summed E-state index contributed by atoms with van der Waals surface area (Å²) in [5.41, 5.74) is 2.17. The molecule has 0 bridgehead atoms. The first kappa shape index (κ1) is 12.5. The van der Waals surface area contributed by atoms with Gasteiger partial charge in [-0.25, -0.2) is 0 Å². The van der Waals surface area contributed by atoms with E-state index in [4.69, 9.17) is 4.74 Å². The van der Waals surface area contributed by atoms with E-state index in [1.54, 1.807) is 13.2 Å². The highest BCUT2D eigenvalue weighted by Gasteiger charge is 2.15. The van der Waals surface area contributed by atoms with Crippen LogP contribution in [0.4, 0.5) is 0 Å². The maximum atomic E-state index is 9.95. The fraction of sp³-hybridized carbons (Fsp3) is 0.250. The average molecular weight is 242 g/mol. The Labute approximate surface area is 108 Å². The van der Waals surface area contributed by atoms with Crippen LogP contribution in [0.5, 0.6) is 11.5 Å². The number of benzene rings is 2. The Morgan fingerprint density at radius 1 is 1.06 bits per heavy atom. The summed E-state index contributed by atoms with van der Waals surface area (Å²) in [7, 11) is 1.66. The number of rotatable bonds is 4. The second kappa shape index (κ2) is 5.58. The minimum absolute atomic E-state index is 0.220. The zero-order valence-electron chi connectivity index (χ0n) is 10.8. The Balaban J connectivity index is 2.36. The number of phenols is 1. The molecular weight excluding hydrogens is 224 g/mol. The minimum Gasteiger partial charge on any atom is -0.508 e. The molecule has 0 heterocycles. The van der Waals surface area contributed by atoms with E-state index in [0.29, 0.717) is 5.75 Å². The Morgan fingerprint density at radius 3 is 2.28 bits per heavy atom. The van der Waals surface area contributed by atoms with Crippen LogP contribution in [0.25, 0.3) is 0 Å². The van der Waals surface area contributed by atoms with Crippen LogP contribution in [-0.4, -0.2) is 12.2 Å². The van der Waals surface area contributed by atoms with Gasteiger partial charge in [0.25, 0.3) is 0 Å². The lowest BCUT2D eigenvalue weighted by Crippen LogP contribution is -2.00. The van der Waals surface area contributed by atoms with E-state index in [2.05, 4.69) is 19.1 Å². The molecular formula is C16H18O2. The molecule has 0 aliphatic heterocycles. The fourth-order valence-electron chi connectivity index (χ4n) is 2.25. The van der Waals surface area contributed by atoms with E-state index in [0.717, 1.165) is 17.7 Å². The van der Waals surface area contributed by atoms with Crippen molar-refractivity contribution in [2.24, 2.45) is 0 Å². The summed E-state index contributed by atoms with van der Waals surface area (Å²) in [5, 5.41) is 9.95. The minimum atomic E-state index is 0.220. The van der Waals surface area contributed by atoms with Crippen LogP contribution in [0.1, 0.15) is 30.4 Å². The molecule has 1 N–H and O–H groups in total. The van der Waals surface area contributed by atoms with Crippen LogP contribution < -0.4 is 4.74 Å². The van der Waals surface area contributed by atoms with Gasteiger partial charge in [-0.15, -0.1) is 0 Å². The third-order valence-corrected chi connectivity index (χ3v) is 3.24. The van der Waals surface area contributed by atoms with E-state index < -0.39 is 0 Å². The molecule has 0 spiro atoms. The van der Waals surface area contributed by atoms with Gasteiger partial charge in [0.15, 0.2) is 0 Å². The van der Waals surface area contributed by atoms with Crippen LogP contribution in [0.2, 0.25) is 0 Å². The normalized spacial score (nSPS) is 12.1. The van der Waals surface area contributed by atoms with Gasteiger partial charge in [-0.2, -0.15) is 0 Å². The quantitative estimate of drug-likeness (QED) is 0.879. The highest BCUT2D eigenvalue weighted by Crippen LogP contribution is 2.33. The smallest absolute Gasteiger partial charge is 0.119 e. The number of methoxy groups -OCH3 is 1. The zero-order chi connectivity index (χ0) is 13.0. The van der Waals surface area contributed by atoms with Crippen molar-refractivity contribution in [2.45, 2.75) is 19.3 Å².